The molecule has 18 heavy (non-hydrogen) atoms. The molecular formula is C14H29NO3. The van der Waals surface area contributed by atoms with Crippen molar-refractivity contribution in [2.45, 2.75) is 64.6 Å². The average molecular weight is 259 g/mol. The molecule has 4 heteroatoms. The number of ether oxygens (including phenoxy) is 3. The van der Waals surface area contributed by atoms with Crippen LogP contribution in [-0.4, -0.2) is 44.3 Å². The fourth-order valence-corrected chi connectivity index (χ4v) is 3.22. The smallest absolute Gasteiger partial charge is 0.172 e. The Morgan fingerprint density at radius 3 is 2.11 bits per heavy atom. The highest BCUT2D eigenvalue weighted by atomic mass is 16.7. The molecule has 108 valence electrons. The second-order valence-corrected chi connectivity index (χ2v) is 6.20. The van der Waals surface area contributed by atoms with Crippen molar-refractivity contribution in [3.63, 3.8) is 0 Å². The van der Waals surface area contributed by atoms with Crippen LogP contribution in [-0.2, 0) is 14.2 Å². The van der Waals surface area contributed by atoms with Crippen molar-refractivity contribution in [2.75, 3.05) is 20.8 Å². The lowest BCUT2D eigenvalue weighted by Gasteiger charge is -2.36. The highest BCUT2D eigenvalue weighted by Gasteiger charge is 2.50. The maximum atomic E-state index is 6.16. The lowest BCUT2D eigenvalue weighted by molar-refractivity contribution is -0.147. The van der Waals surface area contributed by atoms with E-state index in [2.05, 4.69) is 39.9 Å². The summed E-state index contributed by atoms with van der Waals surface area (Å²) >= 11 is 0. The highest BCUT2D eigenvalue weighted by molar-refractivity contribution is 5.00. The molecule has 0 aliphatic carbocycles. The maximum absolute atomic E-state index is 6.16. The Kier molecular flexibility index (Phi) is 5.18. The topological polar surface area (TPSA) is 39.7 Å². The molecule has 0 aromatic carbocycles. The molecule has 1 rings (SSSR count). The van der Waals surface area contributed by atoms with Crippen molar-refractivity contribution < 1.29 is 14.2 Å². The zero-order valence-electron chi connectivity index (χ0n) is 12.9. The molecule has 0 spiro atoms. The minimum atomic E-state index is -0.244. The Morgan fingerprint density at radius 1 is 1.22 bits per heavy atom. The lowest BCUT2D eigenvalue weighted by Crippen LogP contribution is -2.52. The van der Waals surface area contributed by atoms with E-state index in [4.69, 9.17) is 14.2 Å². The number of hydrogen-bond donors (Lipinski definition) is 1. The van der Waals surface area contributed by atoms with E-state index in [-0.39, 0.29) is 23.5 Å². The molecule has 0 bridgehead atoms. The summed E-state index contributed by atoms with van der Waals surface area (Å²) in [5.74, 6) is 0.359. The van der Waals surface area contributed by atoms with E-state index in [1.165, 1.54) is 0 Å². The molecular weight excluding hydrogens is 230 g/mol. The third-order valence-electron chi connectivity index (χ3n) is 3.77. The summed E-state index contributed by atoms with van der Waals surface area (Å²) in [6.45, 7) is 11.6. The first-order valence-corrected chi connectivity index (χ1v) is 6.76. The summed E-state index contributed by atoms with van der Waals surface area (Å²) in [6, 6.07) is 0.141. The number of methoxy groups -OCH3 is 2. The molecule has 1 saturated heterocycles. The summed E-state index contributed by atoms with van der Waals surface area (Å²) in [4.78, 5) is 0. The Bertz CT molecular complexity index is 262. The monoisotopic (exact) mass is 259 g/mol. The molecule has 0 aromatic rings. The van der Waals surface area contributed by atoms with Gasteiger partial charge in [0.25, 0.3) is 0 Å². The van der Waals surface area contributed by atoms with E-state index in [1.54, 1.807) is 14.2 Å². The van der Waals surface area contributed by atoms with Crippen LogP contribution >= 0.6 is 0 Å². The van der Waals surface area contributed by atoms with Crippen LogP contribution in [0.1, 0.15) is 41.0 Å². The van der Waals surface area contributed by atoms with Gasteiger partial charge in [-0.05, 0) is 40.7 Å². The fraction of sp³-hybridized carbons (Fsp3) is 1.00. The zero-order valence-corrected chi connectivity index (χ0v) is 12.9. The van der Waals surface area contributed by atoms with Crippen molar-refractivity contribution in [1.29, 1.82) is 0 Å². The third kappa shape index (κ3) is 3.44. The van der Waals surface area contributed by atoms with Gasteiger partial charge in [0.05, 0.1) is 17.2 Å². The number of hydrogen-bond acceptors (Lipinski definition) is 4. The standard InChI is InChI=1S/C14H29NO3/c1-8-15-11(12(16-6)17-7)10-9-13(2,3)18-14(10,4)5/h10-12,15H,8-9H2,1-7H3. The average Bonchev–Trinajstić information content (AvgIpc) is 2.47. The van der Waals surface area contributed by atoms with E-state index < -0.39 is 0 Å². The normalized spacial score (nSPS) is 27.7. The van der Waals surface area contributed by atoms with E-state index in [0.29, 0.717) is 5.92 Å². The van der Waals surface area contributed by atoms with Crippen LogP contribution in [0.15, 0.2) is 0 Å². The Labute approximate surface area is 111 Å². The fourth-order valence-electron chi connectivity index (χ4n) is 3.22. The lowest BCUT2D eigenvalue weighted by atomic mass is 9.81. The van der Waals surface area contributed by atoms with Crippen LogP contribution < -0.4 is 5.32 Å². The van der Waals surface area contributed by atoms with Crippen LogP contribution in [0.4, 0.5) is 0 Å². The van der Waals surface area contributed by atoms with Gasteiger partial charge in [0.1, 0.15) is 0 Å². The molecule has 1 fully saturated rings. The van der Waals surface area contributed by atoms with Crippen molar-refractivity contribution in [3.05, 3.63) is 0 Å². The molecule has 4 nitrogen and oxygen atoms in total. The highest BCUT2D eigenvalue weighted by Crippen LogP contribution is 2.44. The summed E-state index contributed by atoms with van der Waals surface area (Å²) in [5, 5.41) is 3.49. The van der Waals surface area contributed by atoms with Gasteiger partial charge in [0.15, 0.2) is 6.29 Å². The molecule has 1 aliphatic heterocycles. The minimum absolute atomic E-state index is 0.0894. The van der Waals surface area contributed by atoms with E-state index in [9.17, 15) is 0 Å². The summed E-state index contributed by atoms with van der Waals surface area (Å²) < 4.78 is 17.1. The molecule has 1 heterocycles. The molecule has 0 aromatic heterocycles. The van der Waals surface area contributed by atoms with Gasteiger partial charge in [0, 0.05) is 20.1 Å². The molecule has 2 unspecified atom stereocenters. The predicted octanol–water partition coefficient (Wildman–Crippen LogP) is 2.18. The van der Waals surface area contributed by atoms with Gasteiger partial charge in [0.2, 0.25) is 0 Å². The largest absolute Gasteiger partial charge is 0.369 e. The molecule has 1 N–H and O–H groups in total. The molecule has 0 amide bonds. The summed E-state index contributed by atoms with van der Waals surface area (Å²) in [7, 11) is 3.37. The van der Waals surface area contributed by atoms with Gasteiger partial charge in [-0.3, -0.25) is 0 Å². The second kappa shape index (κ2) is 5.87. The Morgan fingerprint density at radius 2 is 1.78 bits per heavy atom. The van der Waals surface area contributed by atoms with Gasteiger partial charge in [-0.25, -0.2) is 0 Å². The van der Waals surface area contributed by atoms with Crippen LogP contribution in [0.25, 0.3) is 0 Å². The predicted molar refractivity (Wildman–Crippen MR) is 72.6 cm³/mol. The zero-order chi connectivity index (χ0) is 14.0. The van der Waals surface area contributed by atoms with Crippen molar-refractivity contribution in [2.24, 2.45) is 5.92 Å². The Balaban J connectivity index is 2.91. The summed E-state index contributed by atoms with van der Waals surface area (Å²) in [5.41, 5.74) is -0.264. The van der Waals surface area contributed by atoms with Gasteiger partial charge in [-0.15, -0.1) is 0 Å². The number of rotatable bonds is 6. The quantitative estimate of drug-likeness (QED) is 0.742. The molecule has 0 saturated carbocycles. The third-order valence-corrected chi connectivity index (χ3v) is 3.77. The summed E-state index contributed by atoms with van der Waals surface area (Å²) in [6.07, 6.45) is 0.757. The van der Waals surface area contributed by atoms with Crippen LogP contribution in [0, 0.1) is 5.92 Å². The van der Waals surface area contributed by atoms with Crippen molar-refractivity contribution >= 4 is 0 Å². The van der Waals surface area contributed by atoms with Crippen LogP contribution in [0.2, 0.25) is 0 Å². The van der Waals surface area contributed by atoms with Gasteiger partial charge in [-0.2, -0.15) is 0 Å². The molecule has 1 aliphatic rings. The molecule has 0 radical (unpaired) electrons. The van der Waals surface area contributed by atoms with Crippen LogP contribution in [0.3, 0.4) is 0 Å². The van der Waals surface area contributed by atoms with Gasteiger partial charge < -0.3 is 19.5 Å². The van der Waals surface area contributed by atoms with Crippen LogP contribution in [0.5, 0.6) is 0 Å². The molecule has 2 atom stereocenters. The SMILES string of the molecule is CCNC(C(OC)OC)C1CC(C)(C)OC1(C)C. The number of likely N-dealkylation sites (N-methyl/N-ethyl adjacent to an activating group) is 1. The van der Waals surface area contributed by atoms with E-state index >= 15 is 0 Å². The first-order chi connectivity index (χ1) is 8.27. The van der Waals surface area contributed by atoms with Gasteiger partial charge in [-0.1, -0.05) is 6.92 Å². The first-order valence-electron chi connectivity index (χ1n) is 6.76. The second-order valence-electron chi connectivity index (χ2n) is 6.20. The van der Waals surface area contributed by atoms with Crippen molar-refractivity contribution in [3.8, 4) is 0 Å². The first kappa shape index (κ1) is 15.9. The van der Waals surface area contributed by atoms with E-state index in [1.807, 2.05) is 0 Å². The Hall–Kier alpha value is -0.160. The minimum Gasteiger partial charge on any atom is -0.369 e. The van der Waals surface area contributed by atoms with Crippen molar-refractivity contribution in [1.82, 2.24) is 5.32 Å². The maximum Gasteiger partial charge on any atom is 0.172 e. The van der Waals surface area contributed by atoms with Gasteiger partial charge >= 0.3 is 0 Å². The van der Waals surface area contributed by atoms with E-state index in [0.717, 1.165) is 13.0 Å². The number of nitrogens with one attached hydrogen (secondary N) is 1.